The van der Waals surface area contributed by atoms with Crippen LogP contribution in [0.1, 0.15) is 30.7 Å². The summed E-state index contributed by atoms with van der Waals surface area (Å²) in [5.41, 5.74) is 7.09. The Balaban J connectivity index is 1.87. The van der Waals surface area contributed by atoms with Crippen LogP contribution in [-0.2, 0) is 17.8 Å². The number of aryl methyl sites for hydroxylation is 1. The summed E-state index contributed by atoms with van der Waals surface area (Å²) in [7, 11) is 0. The van der Waals surface area contributed by atoms with E-state index in [1.807, 2.05) is 37.3 Å². The highest BCUT2D eigenvalue weighted by atomic mass is 16.5. The fourth-order valence-electron chi connectivity index (χ4n) is 3.77. The molecule has 26 heavy (non-hydrogen) atoms. The Hall–Kier alpha value is -2.79. The van der Waals surface area contributed by atoms with E-state index < -0.39 is 0 Å². The highest BCUT2D eigenvalue weighted by Gasteiger charge is 2.31. The van der Waals surface area contributed by atoms with Gasteiger partial charge in [-0.25, -0.2) is 15.0 Å². The van der Waals surface area contributed by atoms with E-state index in [1.165, 1.54) is 5.56 Å². The largest absolute Gasteiger partial charge is 0.434 e. The van der Waals surface area contributed by atoms with Crippen LogP contribution in [0.25, 0.3) is 33.5 Å². The number of fused-ring (bicyclic) bond motifs is 5. The van der Waals surface area contributed by atoms with Gasteiger partial charge in [0, 0.05) is 23.2 Å². The Morgan fingerprint density at radius 2 is 1.85 bits per heavy atom. The zero-order valence-corrected chi connectivity index (χ0v) is 15.0. The SMILES string of the molecule is Cc1nc2oc3c(-c4ccccc4)ncnc3c2c2c1COC(C)(C)C2. The summed E-state index contributed by atoms with van der Waals surface area (Å²) in [5, 5.41) is 0.997. The van der Waals surface area contributed by atoms with Crippen LogP contribution in [0.3, 0.4) is 0 Å². The van der Waals surface area contributed by atoms with Crippen molar-refractivity contribution in [1.82, 2.24) is 15.0 Å². The Morgan fingerprint density at radius 3 is 2.65 bits per heavy atom. The lowest BCUT2D eigenvalue weighted by Gasteiger charge is -2.32. The first kappa shape index (κ1) is 15.5. The number of hydrogen-bond donors (Lipinski definition) is 0. The summed E-state index contributed by atoms with van der Waals surface area (Å²) in [6, 6.07) is 10.0. The molecule has 0 atom stereocenters. The number of benzene rings is 1. The van der Waals surface area contributed by atoms with Crippen LogP contribution in [0, 0.1) is 6.92 Å². The maximum Gasteiger partial charge on any atom is 0.229 e. The molecule has 5 heteroatoms. The first-order valence-corrected chi connectivity index (χ1v) is 8.78. The van der Waals surface area contributed by atoms with Crippen LogP contribution in [0.4, 0.5) is 0 Å². The van der Waals surface area contributed by atoms with E-state index in [2.05, 4.69) is 23.8 Å². The molecule has 0 radical (unpaired) electrons. The van der Waals surface area contributed by atoms with Crippen molar-refractivity contribution in [2.45, 2.75) is 39.4 Å². The summed E-state index contributed by atoms with van der Waals surface area (Å²) < 4.78 is 12.2. The highest BCUT2D eigenvalue weighted by molar-refractivity contribution is 6.07. The van der Waals surface area contributed by atoms with Crippen molar-refractivity contribution in [3.05, 3.63) is 53.5 Å². The second kappa shape index (κ2) is 5.35. The Morgan fingerprint density at radius 1 is 1.04 bits per heavy atom. The molecule has 4 heterocycles. The normalized spacial score (nSPS) is 16.1. The van der Waals surface area contributed by atoms with Gasteiger partial charge in [0.2, 0.25) is 5.71 Å². The minimum atomic E-state index is -0.216. The average Bonchev–Trinajstić information content (AvgIpc) is 2.99. The molecule has 0 spiro atoms. The number of rotatable bonds is 1. The number of furan rings is 1. The smallest absolute Gasteiger partial charge is 0.229 e. The number of hydrogen-bond acceptors (Lipinski definition) is 5. The Bertz CT molecular complexity index is 1150. The van der Waals surface area contributed by atoms with E-state index in [1.54, 1.807) is 6.33 Å². The van der Waals surface area contributed by atoms with Crippen molar-refractivity contribution in [3.63, 3.8) is 0 Å². The van der Waals surface area contributed by atoms with Crippen molar-refractivity contribution < 1.29 is 9.15 Å². The third-order valence-electron chi connectivity index (χ3n) is 5.08. The summed E-state index contributed by atoms with van der Waals surface area (Å²) in [6.07, 6.45) is 2.41. The van der Waals surface area contributed by atoms with Crippen LogP contribution in [-0.4, -0.2) is 20.6 Å². The third-order valence-corrected chi connectivity index (χ3v) is 5.08. The van der Waals surface area contributed by atoms with Gasteiger partial charge in [-0.15, -0.1) is 0 Å². The molecule has 0 fully saturated rings. The lowest BCUT2D eigenvalue weighted by Crippen LogP contribution is -2.32. The van der Waals surface area contributed by atoms with Gasteiger partial charge in [-0.2, -0.15) is 0 Å². The molecule has 0 saturated carbocycles. The van der Waals surface area contributed by atoms with Gasteiger partial charge in [0.05, 0.1) is 17.6 Å². The molecule has 0 unspecified atom stereocenters. The second-order valence-electron chi connectivity index (χ2n) is 7.43. The maximum absolute atomic E-state index is 6.18. The lowest BCUT2D eigenvalue weighted by molar-refractivity contribution is -0.0400. The van der Waals surface area contributed by atoms with Gasteiger partial charge in [-0.05, 0) is 26.3 Å². The van der Waals surface area contributed by atoms with Crippen LogP contribution in [0.15, 0.2) is 41.1 Å². The summed E-state index contributed by atoms with van der Waals surface area (Å²) in [5.74, 6) is 0. The number of pyridine rings is 1. The first-order chi connectivity index (χ1) is 12.5. The van der Waals surface area contributed by atoms with Gasteiger partial charge in [-0.3, -0.25) is 0 Å². The van der Waals surface area contributed by atoms with E-state index in [-0.39, 0.29) is 5.60 Å². The average molecular weight is 345 g/mol. The van der Waals surface area contributed by atoms with E-state index >= 15 is 0 Å². The molecule has 1 aromatic carbocycles. The Labute approximate surface area is 151 Å². The molecule has 130 valence electrons. The predicted octanol–water partition coefficient (Wildman–Crippen LogP) is 4.60. The predicted molar refractivity (Wildman–Crippen MR) is 99.9 cm³/mol. The summed E-state index contributed by atoms with van der Waals surface area (Å²) in [6.45, 7) is 6.81. The molecular formula is C21H19N3O2. The molecule has 5 nitrogen and oxygen atoms in total. The van der Waals surface area contributed by atoms with Gasteiger partial charge >= 0.3 is 0 Å². The van der Waals surface area contributed by atoms with Crippen LogP contribution in [0.2, 0.25) is 0 Å². The van der Waals surface area contributed by atoms with Crippen molar-refractivity contribution in [2.24, 2.45) is 0 Å². The van der Waals surface area contributed by atoms with E-state index in [4.69, 9.17) is 14.1 Å². The van der Waals surface area contributed by atoms with Gasteiger partial charge in [0.15, 0.2) is 5.58 Å². The van der Waals surface area contributed by atoms with E-state index in [0.717, 1.165) is 39.8 Å². The quantitative estimate of drug-likeness (QED) is 0.505. The minimum absolute atomic E-state index is 0.216. The zero-order chi connectivity index (χ0) is 17.9. The third kappa shape index (κ3) is 2.24. The summed E-state index contributed by atoms with van der Waals surface area (Å²) in [4.78, 5) is 13.7. The number of aromatic nitrogens is 3. The van der Waals surface area contributed by atoms with Crippen LogP contribution >= 0.6 is 0 Å². The van der Waals surface area contributed by atoms with Crippen molar-refractivity contribution in [3.8, 4) is 11.3 Å². The standard InChI is InChI=1S/C21H19N3O2/c1-12-15-10-25-21(2,3)9-14(15)16-18-19(26-20(16)24-12)17(22-11-23-18)13-7-5-4-6-8-13/h4-8,11H,9-10H2,1-3H3. The van der Waals surface area contributed by atoms with Crippen molar-refractivity contribution in [2.75, 3.05) is 0 Å². The molecule has 0 aliphatic carbocycles. The van der Waals surface area contributed by atoms with E-state index in [0.29, 0.717) is 17.9 Å². The van der Waals surface area contributed by atoms with Crippen LogP contribution < -0.4 is 0 Å². The topological polar surface area (TPSA) is 61.0 Å². The molecular weight excluding hydrogens is 326 g/mol. The van der Waals surface area contributed by atoms with Crippen molar-refractivity contribution >= 4 is 22.2 Å². The Kier molecular flexibility index (Phi) is 3.18. The minimum Gasteiger partial charge on any atom is -0.434 e. The van der Waals surface area contributed by atoms with E-state index in [9.17, 15) is 0 Å². The monoisotopic (exact) mass is 345 g/mol. The molecule has 4 aromatic rings. The molecule has 5 rings (SSSR count). The second-order valence-corrected chi connectivity index (χ2v) is 7.43. The molecule has 0 N–H and O–H groups in total. The maximum atomic E-state index is 6.18. The molecule has 1 aliphatic rings. The van der Waals surface area contributed by atoms with Gasteiger partial charge in [-0.1, -0.05) is 30.3 Å². The van der Waals surface area contributed by atoms with Crippen LogP contribution in [0.5, 0.6) is 0 Å². The molecule has 1 aliphatic heterocycles. The number of ether oxygens (including phenoxy) is 1. The molecule has 0 amide bonds. The lowest BCUT2D eigenvalue weighted by atomic mass is 9.89. The molecule has 0 bridgehead atoms. The number of nitrogens with zero attached hydrogens (tertiary/aromatic N) is 3. The van der Waals surface area contributed by atoms with Gasteiger partial charge in [0.25, 0.3) is 0 Å². The first-order valence-electron chi connectivity index (χ1n) is 8.78. The highest BCUT2D eigenvalue weighted by Crippen LogP contribution is 2.39. The fourth-order valence-corrected chi connectivity index (χ4v) is 3.77. The zero-order valence-electron chi connectivity index (χ0n) is 15.0. The molecule has 3 aromatic heterocycles. The summed E-state index contributed by atoms with van der Waals surface area (Å²) >= 11 is 0. The van der Waals surface area contributed by atoms with Crippen molar-refractivity contribution in [1.29, 1.82) is 0 Å². The molecule has 0 saturated heterocycles. The fraction of sp³-hybridized carbons (Fsp3) is 0.286. The van der Waals surface area contributed by atoms with Gasteiger partial charge < -0.3 is 9.15 Å². The van der Waals surface area contributed by atoms with Gasteiger partial charge in [0.1, 0.15) is 17.5 Å².